The summed E-state index contributed by atoms with van der Waals surface area (Å²) in [7, 11) is -2.46. The number of rotatable bonds is 9. The maximum Gasteiger partial charge on any atom is 0.338 e. The highest BCUT2D eigenvalue weighted by Gasteiger charge is 2.23. The van der Waals surface area contributed by atoms with Crippen LogP contribution < -0.4 is 14.8 Å². The van der Waals surface area contributed by atoms with Crippen LogP contribution in [0, 0.1) is 0 Å². The van der Waals surface area contributed by atoms with E-state index in [1.165, 1.54) is 13.2 Å². The van der Waals surface area contributed by atoms with Gasteiger partial charge in [-0.25, -0.2) is 13.2 Å². The number of nitrogens with one attached hydrogen (secondary N) is 2. The van der Waals surface area contributed by atoms with E-state index in [2.05, 4.69) is 10.0 Å². The van der Waals surface area contributed by atoms with Crippen LogP contribution >= 0.6 is 0 Å². The number of carbonyl (C=O) groups is 1. The van der Waals surface area contributed by atoms with Crippen molar-refractivity contribution in [3.8, 4) is 5.75 Å². The Morgan fingerprint density at radius 1 is 1.19 bits per heavy atom. The van der Waals surface area contributed by atoms with Crippen molar-refractivity contribution in [3.63, 3.8) is 0 Å². The Morgan fingerprint density at radius 3 is 2.55 bits per heavy atom. The fraction of sp³-hybridized carbons (Fsp3) is 0.409. The largest absolute Gasteiger partial charge is 0.497 e. The third-order valence-corrected chi connectivity index (χ3v) is 6.16. The monoisotopic (exact) mass is 448 g/mol. The van der Waals surface area contributed by atoms with Gasteiger partial charge in [0, 0.05) is 18.8 Å². The SMILES string of the molecule is COc1ccc(NS(=O)(=O)c2cc(C(=O)OC(C)C)ccc2NC[C@H]2CCCO2)cc1. The second-order valence-corrected chi connectivity index (χ2v) is 9.17. The maximum atomic E-state index is 13.2. The molecule has 9 heteroatoms. The van der Waals surface area contributed by atoms with Gasteiger partial charge in [0.2, 0.25) is 0 Å². The molecule has 0 aliphatic carbocycles. The van der Waals surface area contributed by atoms with Crippen LogP contribution in [0.3, 0.4) is 0 Å². The van der Waals surface area contributed by atoms with Crippen LogP contribution in [0.2, 0.25) is 0 Å². The molecule has 0 amide bonds. The van der Waals surface area contributed by atoms with Gasteiger partial charge >= 0.3 is 5.97 Å². The van der Waals surface area contributed by atoms with Crippen molar-refractivity contribution in [2.45, 2.75) is 43.8 Å². The molecule has 1 aliphatic rings. The lowest BCUT2D eigenvalue weighted by atomic mass is 10.2. The summed E-state index contributed by atoms with van der Waals surface area (Å²) in [6.45, 7) is 4.65. The lowest BCUT2D eigenvalue weighted by molar-refractivity contribution is 0.0377. The normalized spacial score (nSPS) is 16.2. The Hall–Kier alpha value is -2.78. The number of sulfonamides is 1. The van der Waals surface area contributed by atoms with E-state index in [9.17, 15) is 13.2 Å². The minimum Gasteiger partial charge on any atom is -0.497 e. The van der Waals surface area contributed by atoms with Gasteiger partial charge in [-0.1, -0.05) is 0 Å². The Balaban J connectivity index is 1.90. The van der Waals surface area contributed by atoms with Gasteiger partial charge in [0.15, 0.2) is 0 Å². The van der Waals surface area contributed by atoms with Crippen molar-refractivity contribution >= 4 is 27.4 Å². The molecule has 0 aromatic heterocycles. The van der Waals surface area contributed by atoms with Crippen LogP contribution in [-0.4, -0.2) is 46.9 Å². The van der Waals surface area contributed by atoms with Crippen LogP contribution in [0.5, 0.6) is 5.75 Å². The summed E-state index contributed by atoms with van der Waals surface area (Å²) in [5.74, 6) is 0.0295. The third kappa shape index (κ3) is 6.11. The second-order valence-electron chi connectivity index (χ2n) is 7.51. The molecule has 8 nitrogen and oxygen atoms in total. The second kappa shape index (κ2) is 10.0. The zero-order valence-electron chi connectivity index (χ0n) is 17.9. The topological polar surface area (TPSA) is 103 Å². The van der Waals surface area contributed by atoms with Crippen LogP contribution in [0.25, 0.3) is 0 Å². The molecule has 0 bridgehead atoms. The van der Waals surface area contributed by atoms with Crippen molar-refractivity contribution in [2.24, 2.45) is 0 Å². The van der Waals surface area contributed by atoms with E-state index in [-0.39, 0.29) is 22.7 Å². The van der Waals surface area contributed by atoms with Gasteiger partial charge in [-0.05, 0) is 69.2 Å². The molecule has 0 saturated carbocycles. The summed E-state index contributed by atoms with van der Waals surface area (Å²) >= 11 is 0. The van der Waals surface area contributed by atoms with E-state index in [1.54, 1.807) is 50.2 Å². The molecule has 3 rings (SSSR count). The number of esters is 1. The van der Waals surface area contributed by atoms with Crippen LogP contribution in [0.15, 0.2) is 47.4 Å². The van der Waals surface area contributed by atoms with Gasteiger partial charge in [0.1, 0.15) is 10.6 Å². The van der Waals surface area contributed by atoms with E-state index in [0.29, 0.717) is 30.3 Å². The fourth-order valence-corrected chi connectivity index (χ4v) is 4.47. The van der Waals surface area contributed by atoms with Gasteiger partial charge in [0.05, 0.1) is 30.6 Å². The van der Waals surface area contributed by atoms with Gasteiger partial charge < -0.3 is 19.5 Å². The van der Waals surface area contributed by atoms with Gasteiger partial charge in [-0.3, -0.25) is 4.72 Å². The van der Waals surface area contributed by atoms with Crippen LogP contribution in [0.4, 0.5) is 11.4 Å². The molecule has 31 heavy (non-hydrogen) atoms. The van der Waals surface area contributed by atoms with E-state index in [0.717, 1.165) is 12.8 Å². The molecule has 1 atom stereocenters. The predicted molar refractivity (Wildman–Crippen MR) is 118 cm³/mol. The van der Waals surface area contributed by atoms with Gasteiger partial charge in [-0.15, -0.1) is 0 Å². The van der Waals surface area contributed by atoms with Crippen molar-refractivity contribution in [2.75, 3.05) is 30.3 Å². The first kappa shape index (κ1) is 22.9. The van der Waals surface area contributed by atoms with Crippen molar-refractivity contribution < 1.29 is 27.4 Å². The standard InChI is InChI=1S/C22H28N2O6S/c1-15(2)30-22(25)16-6-11-20(23-14-19-5-4-12-29-19)21(13-16)31(26,27)24-17-7-9-18(28-3)10-8-17/h6-11,13,15,19,23-24H,4-5,12,14H2,1-3H3/t19-/m1/s1. The summed E-state index contributed by atoms with van der Waals surface area (Å²) in [6, 6.07) is 11.0. The van der Waals surface area contributed by atoms with Crippen LogP contribution in [0.1, 0.15) is 37.0 Å². The number of carbonyl (C=O) groups excluding carboxylic acids is 1. The number of hydrogen-bond acceptors (Lipinski definition) is 7. The number of anilines is 2. The Bertz CT molecular complexity index is 999. The quantitative estimate of drug-likeness (QED) is 0.565. The first-order valence-corrected chi connectivity index (χ1v) is 11.6. The van der Waals surface area contributed by atoms with E-state index >= 15 is 0 Å². The summed E-state index contributed by atoms with van der Waals surface area (Å²) in [5.41, 5.74) is 0.921. The van der Waals surface area contributed by atoms with Crippen molar-refractivity contribution in [1.29, 1.82) is 0 Å². The van der Waals surface area contributed by atoms with E-state index in [1.807, 2.05) is 0 Å². The Kier molecular flexibility index (Phi) is 7.40. The summed E-state index contributed by atoms with van der Waals surface area (Å²) < 4.78 is 44.9. The molecule has 2 N–H and O–H groups in total. The minimum atomic E-state index is -4.00. The van der Waals surface area contributed by atoms with Gasteiger partial charge in [-0.2, -0.15) is 0 Å². The highest BCUT2D eigenvalue weighted by Crippen LogP contribution is 2.27. The molecule has 168 valence electrons. The molecule has 1 fully saturated rings. The maximum absolute atomic E-state index is 13.2. The zero-order chi connectivity index (χ0) is 22.4. The molecule has 0 spiro atoms. The summed E-state index contributed by atoms with van der Waals surface area (Å²) in [4.78, 5) is 12.3. The molecule has 2 aromatic rings. The molecule has 1 aliphatic heterocycles. The van der Waals surface area contributed by atoms with E-state index < -0.39 is 16.0 Å². The fourth-order valence-electron chi connectivity index (χ4n) is 3.20. The molecule has 0 unspecified atom stereocenters. The first-order valence-electron chi connectivity index (χ1n) is 10.2. The molecule has 1 heterocycles. The third-order valence-electron chi connectivity index (χ3n) is 4.74. The molecule has 2 aromatic carbocycles. The van der Waals surface area contributed by atoms with Gasteiger partial charge in [0.25, 0.3) is 10.0 Å². The van der Waals surface area contributed by atoms with Crippen molar-refractivity contribution in [1.82, 2.24) is 0 Å². The predicted octanol–water partition coefficient (Wildman–Crippen LogP) is 3.65. The Morgan fingerprint density at radius 2 is 1.94 bits per heavy atom. The van der Waals surface area contributed by atoms with Crippen molar-refractivity contribution in [3.05, 3.63) is 48.0 Å². The Labute approximate surface area is 182 Å². The highest BCUT2D eigenvalue weighted by molar-refractivity contribution is 7.92. The lowest BCUT2D eigenvalue weighted by Crippen LogP contribution is -2.22. The molecule has 0 radical (unpaired) electrons. The number of ether oxygens (including phenoxy) is 3. The molecular formula is C22H28N2O6S. The minimum absolute atomic E-state index is 0.0238. The smallest absolute Gasteiger partial charge is 0.338 e. The number of benzene rings is 2. The van der Waals surface area contributed by atoms with Crippen LogP contribution in [-0.2, 0) is 19.5 Å². The average Bonchev–Trinajstić information content (AvgIpc) is 3.25. The molecular weight excluding hydrogens is 420 g/mol. The highest BCUT2D eigenvalue weighted by atomic mass is 32.2. The summed E-state index contributed by atoms with van der Waals surface area (Å²) in [5, 5.41) is 3.16. The zero-order valence-corrected chi connectivity index (χ0v) is 18.7. The summed E-state index contributed by atoms with van der Waals surface area (Å²) in [6.07, 6.45) is 1.60. The average molecular weight is 449 g/mol. The first-order chi connectivity index (χ1) is 14.8. The number of hydrogen-bond donors (Lipinski definition) is 2. The number of methoxy groups -OCH3 is 1. The van der Waals surface area contributed by atoms with E-state index in [4.69, 9.17) is 14.2 Å². The molecule has 1 saturated heterocycles. The lowest BCUT2D eigenvalue weighted by Gasteiger charge is -2.17.